The molecule has 0 aliphatic heterocycles. The zero-order valence-corrected chi connectivity index (χ0v) is 19.0. The minimum absolute atomic E-state index is 0.0656. The summed E-state index contributed by atoms with van der Waals surface area (Å²) in [6.07, 6.45) is 2.75. The highest BCUT2D eigenvalue weighted by Crippen LogP contribution is 2.26. The number of anilines is 1. The van der Waals surface area contributed by atoms with Gasteiger partial charge in [0.15, 0.2) is 0 Å². The SMILES string of the molecule is CCN(CC)S(=O)(=O)c1ccc(C=CC(=O)Nc2ccc(OC)c(S(N)(=O)=O)c2)cc1. The summed E-state index contributed by atoms with van der Waals surface area (Å²) in [4.78, 5) is 12.1. The zero-order chi connectivity index (χ0) is 23.2. The van der Waals surface area contributed by atoms with Gasteiger partial charge in [-0.1, -0.05) is 26.0 Å². The number of sulfonamides is 2. The van der Waals surface area contributed by atoms with Crippen LogP contribution in [0.3, 0.4) is 0 Å². The van der Waals surface area contributed by atoms with Gasteiger partial charge in [-0.3, -0.25) is 4.79 Å². The maximum Gasteiger partial charge on any atom is 0.248 e. The zero-order valence-electron chi connectivity index (χ0n) is 17.4. The molecular formula is C20H25N3O6S2. The van der Waals surface area contributed by atoms with E-state index in [0.717, 1.165) is 0 Å². The van der Waals surface area contributed by atoms with E-state index >= 15 is 0 Å². The van der Waals surface area contributed by atoms with Crippen molar-refractivity contribution in [2.45, 2.75) is 23.6 Å². The van der Waals surface area contributed by atoms with Crippen molar-refractivity contribution in [2.24, 2.45) is 5.14 Å². The number of methoxy groups -OCH3 is 1. The molecule has 0 aliphatic rings. The first kappa shape index (κ1) is 24.5. The van der Waals surface area contributed by atoms with Crippen molar-refractivity contribution < 1.29 is 26.4 Å². The molecule has 1 amide bonds. The Hall–Kier alpha value is -2.73. The maximum atomic E-state index is 12.5. The largest absolute Gasteiger partial charge is 0.495 e. The highest BCUT2D eigenvalue weighted by molar-refractivity contribution is 7.89. The third kappa shape index (κ3) is 6.14. The summed E-state index contributed by atoms with van der Waals surface area (Å²) < 4.78 is 54.7. The van der Waals surface area contributed by atoms with E-state index in [4.69, 9.17) is 9.88 Å². The van der Waals surface area contributed by atoms with E-state index in [1.54, 1.807) is 26.0 Å². The average molecular weight is 468 g/mol. The van der Waals surface area contributed by atoms with Crippen LogP contribution in [0.5, 0.6) is 5.75 Å². The van der Waals surface area contributed by atoms with Crippen molar-refractivity contribution in [3.8, 4) is 5.75 Å². The Morgan fingerprint density at radius 1 is 1.06 bits per heavy atom. The molecule has 0 bridgehead atoms. The number of amides is 1. The van der Waals surface area contributed by atoms with Gasteiger partial charge in [-0.25, -0.2) is 22.0 Å². The highest BCUT2D eigenvalue weighted by Gasteiger charge is 2.21. The van der Waals surface area contributed by atoms with E-state index in [0.29, 0.717) is 18.7 Å². The van der Waals surface area contributed by atoms with Crippen LogP contribution in [-0.2, 0) is 24.8 Å². The van der Waals surface area contributed by atoms with E-state index in [1.807, 2.05) is 0 Å². The Morgan fingerprint density at radius 3 is 2.19 bits per heavy atom. The third-order valence-electron chi connectivity index (χ3n) is 4.39. The van der Waals surface area contributed by atoms with Gasteiger partial charge in [0.1, 0.15) is 10.6 Å². The number of ether oxygens (including phenoxy) is 1. The molecule has 11 heteroatoms. The summed E-state index contributed by atoms with van der Waals surface area (Å²) >= 11 is 0. The van der Waals surface area contributed by atoms with Crippen LogP contribution in [0.1, 0.15) is 19.4 Å². The second-order valence-corrected chi connectivity index (χ2v) is 9.86. The summed E-state index contributed by atoms with van der Waals surface area (Å²) in [5.74, 6) is -0.443. The molecule has 0 saturated heterocycles. The minimum Gasteiger partial charge on any atom is -0.495 e. The summed E-state index contributed by atoms with van der Waals surface area (Å²) in [5, 5.41) is 7.70. The van der Waals surface area contributed by atoms with Gasteiger partial charge in [0.25, 0.3) is 0 Å². The fourth-order valence-electron chi connectivity index (χ4n) is 2.80. The molecule has 2 aromatic rings. The van der Waals surface area contributed by atoms with Crippen LogP contribution < -0.4 is 15.2 Å². The molecule has 9 nitrogen and oxygen atoms in total. The molecule has 0 aliphatic carbocycles. The van der Waals surface area contributed by atoms with Crippen molar-refractivity contribution in [2.75, 3.05) is 25.5 Å². The van der Waals surface area contributed by atoms with E-state index < -0.39 is 26.0 Å². The molecular weight excluding hydrogens is 442 g/mol. The fraction of sp³-hybridized carbons (Fsp3) is 0.250. The summed E-state index contributed by atoms with van der Waals surface area (Å²) in [6, 6.07) is 10.2. The van der Waals surface area contributed by atoms with Crippen molar-refractivity contribution in [3.05, 3.63) is 54.1 Å². The topological polar surface area (TPSA) is 136 Å². The second-order valence-electron chi connectivity index (χ2n) is 6.39. The predicted molar refractivity (Wildman–Crippen MR) is 119 cm³/mol. The molecule has 0 fully saturated rings. The number of benzene rings is 2. The van der Waals surface area contributed by atoms with Crippen LogP contribution in [0.2, 0.25) is 0 Å². The van der Waals surface area contributed by atoms with Crippen molar-refractivity contribution in [1.29, 1.82) is 0 Å². The molecule has 0 atom stereocenters. The van der Waals surface area contributed by atoms with E-state index in [1.165, 1.54) is 53.9 Å². The van der Waals surface area contributed by atoms with Crippen molar-refractivity contribution in [1.82, 2.24) is 4.31 Å². The van der Waals surface area contributed by atoms with Crippen LogP contribution in [-0.4, -0.2) is 47.2 Å². The van der Waals surface area contributed by atoms with Crippen LogP contribution in [0.15, 0.2) is 58.3 Å². The second kappa shape index (κ2) is 10.1. The summed E-state index contributed by atoms with van der Waals surface area (Å²) in [6.45, 7) is 4.29. The lowest BCUT2D eigenvalue weighted by Crippen LogP contribution is -2.30. The van der Waals surface area contributed by atoms with Gasteiger partial charge in [0, 0.05) is 24.9 Å². The Kier molecular flexibility index (Phi) is 7.96. The van der Waals surface area contributed by atoms with Gasteiger partial charge in [-0.15, -0.1) is 0 Å². The normalized spacial score (nSPS) is 12.3. The van der Waals surface area contributed by atoms with Crippen LogP contribution in [0, 0.1) is 0 Å². The number of primary sulfonamides is 1. The molecule has 2 rings (SSSR count). The summed E-state index contributed by atoms with van der Waals surface area (Å²) in [7, 11) is -6.27. The number of carbonyl (C=O) groups is 1. The lowest BCUT2D eigenvalue weighted by atomic mass is 10.2. The Balaban J connectivity index is 2.14. The molecule has 0 saturated carbocycles. The molecule has 0 spiro atoms. The van der Waals surface area contributed by atoms with Gasteiger partial charge in [-0.2, -0.15) is 4.31 Å². The van der Waals surface area contributed by atoms with E-state index in [9.17, 15) is 21.6 Å². The molecule has 0 aromatic heterocycles. The van der Waals surface area contributed by atoms with Crippen LogP contribution in [0.4, 0.5) is 5.69 Å². The Bertz CT molecular complexity index is 1170. The number of hydrogen-bond donors (Lipinski definition) is 2. The first-order chi connectivity index (χ1) is 14.5. The number of nitrogens with two attached hydrogens (primary N) is 1. The van der Waals surface area contributed by atoms with Gasteiger partial charge >= 0.3 is 0 Å². The number of carbonyl (C=O) groups excluding carboxylic acids is 1. The lowest BCUT2D eigenvalue weighted by molar-refractivity contribution is -0.111. The van der Waals surface area contributed by atoms with Gasteiger partial charge in [0.2, 0.25) is 26.0 Å². The van der Waals surface area contributed by atoms with Gasteiger partial charge < -0.3 is 10.1 Å². The number of hydrogen-bond acceptors (Lipinski definition) is 6. The standard InChI is InChI=1S/C20H25N3O6S2/c1-4-23(5-2)31(27,28)17-10-6-15(7-11-17)8-13-20(24)22-16-9-12-18(29-3)19(14-16)30(21,25)26/h6-14H,4-5H2,1-3H3,(H,22,24)(H2,21,25,26). The molecule has 2 aromatic carbocycles. The molecule has 0 radical (unpaired) electrons. The summed E-state index contributed by atoms with van der Waals surface area (Å²) in [5.41, 5.74) is 0.841. The number of rotatable bonds is 9. The van der Waals surface area contributed by atoms with Gasteiger partial charge in [0.05, 0.1) is 12.0 Å². The minimum atomic E-state index is -4.03. The lowest BCUT2D eigenvalue weighted by Gasteiger charge is -2.18. The first-order valence-corrected chi connectivity index (χ1v) is 12.3. The van der Waals surface area contributed by atoms with Crippen LogP contribution >= 0.6 is 0 Å². The number of nitrogens with zero attached hydrogens (tertiary/aromatic N) is 1. The maximum absolute atomic E-state index is 12.5. The Morgan fingerprint density at radius 2 is 1.68 bits per heavy atom. The third-order valence-corrected chi connectivity index (χ3v) is 7.38. The number of nitrogens with one attached hydrogen (secondary N) is 1. The smallest absolute Gasteiger partial charge is 0.248 e. The molecule has 0 heterocycles. The monoisotopic (exact) mass is 467 g/mol. The Labute approximate surface area is 182 Å². The molecule has 3 N–H and O–H groups in total. The molecule has 31 heavy (non-hydrogen) atoms. The van der Waals surface area contributed by atoms with Gasteiger partial charge in [-0.05, 0) is 42.0 Å². The van der Waals surface area contributed by atoms with Crippen molar-refractivity contribution >= 4 is 37.7 Å². The van der Waals surface area contributed by atoms with E-state index in [2.05, 4.69) is 5.32 Å². The quantitative estimate of drug-likeness (QED) is 0.542. The van der Waals surface area contributed by atoms with Crippen LogP contribution in [0.25, 0.3) is 6.08 Å². The average Bonchev–Trinajstić information content (AvgIpc) is 2.72. The van der Waals surface area contributed by atoms with Crippen molar-refractivity contribution in [3.63, 3.8) is 0 Å². The molecule has 0 unspecified atom stereocenters. The highest BCUT2D eigenvalue weighted by atomic mass is 32.2. The first-order valence-electron chi connectivity index (χ1n) is 9.33. The van der Waals surface area contributed by atoms with E-state index in [-0.39, 0.29) is 21.2 Å². The predicted octanol–water partition coefficient (Wildman–Crippen LogP) is 2.02. The molecule has 168 valence electrons. The fourth-order valence-corrected chi connectivity index (χ4v) is 4.98.